The maximum absolute atomic E-state index is 14.5. The number of carbonyl (C=O) groups is 2. The molecule has 0 radical (unpaired) electrons. The number of carboxylic acid groups (broad SMARTS) is 2. The summed E-state index contributed by atoms with van der Waals surface area (Å²) in [5, 5.41) is 35.4. The average molecular weight is 561 g/mol. The Morgan fingerprint density at radius 3 is 2.05 bits per heavy atom. The molecular formula is C23H23F3N2O9S. The standard InChI is InChI=1S/C19H17F3N2O3S.C4H6O6/c1-23-10-12-11-24(28(25,26)15-5-3-4-13(20)8-15)18(19(12)27-2)16-7-6-14(21)9-17(16)22;5-1(3(7)8)2(6)4(9)10/h3-9,11,23H,10H2,1-2H3;1-2,5-6H,(H,7,8)(H,9,10). The van der Waals surface area contributed by atoms with Crippen LogP contribution in [0.25, 0.3) is 11.3 Å². The Morgan fingerprint density at radius 1 is 1.00 bits per heavy atom. The van der Waals surface area contributed by atoms with Crippen molar-refractivity contribution in [1.29, 1.82) is 0 Å². The van der Waals surface area contributed by atoms with Crippen molar-refractivity contribution in [1.82, 2.24) is 9.29 Å². The molecule has 206 valence electrons. The number of carboxylic acids is 2. The zero-order chi connectivity index (χ0) is 28.8. The Kier molecular flexibility index (Phi) is 10.0. The molecule has 3 rings (SSSR count). The highest BCUT2D eigenvalue weighted by Gasteiger charge is 2.30. The molecule has 1 heterocycles. The largest absolute Gasteiger partial charge is 0.494 e. The third-order valence-electron chi connectivity index (χ3n) is 4.92. The number of aliphatic hydroxyl groups is 2. The number of aromatic nitrogens is 1. The van der Waals surface area contributed by atoms with Gasteiger partial charge in [0, 0.05) is 29.9 Å². The minimum atomic E-state index is -4.29. The normalized spacial score (nSPS) is 12.7. The minimum Gasteiger partial charge on any atom is -0.494 e. The lowest BCUT2D eigenvalue weighted by atomic mass is 10.1. The van der Waals surface area contributed by atoms with Gasteiger partial charge in [0.05, 0.1) is 12.0 Å². The molecule has 0 bridgehead atoms. The van der Waals surface area contributed by atoms with E-state index in [-0.39, 0.29) is 28.4 Å². The van der Waals surface area contributed by atoms with E-state index >= 15 is 0 Å². The van der Waals surface area contributed by atoms with Crippen LogP contribution in [0.15, 0.2) is 53.6 Å². The van der Waals surface area contributed by atoms with Crippen molar-refractivity contribution < 1.29 is 56.3 Å². The zero-order valence-electron chi connectivity index (χ0n) is 19.8. The highest BCUT2D eigenvalue weighted by molar-refractivity contribution is 7.90. The lowest BCUT2D eigenvalue weighted by molar-refractivity contribution is -0.165. The summed E-state index contributed by atoms with van der Waals surface area (Å²) in [4.78, 5) is 19.2. The molecule has 15 heteroatoms. The monoisotopic (exact) mass is 560 g/mol. The first-order chi connectivity index (χ1) is 17.8. The second-order valence-corrected chi connectivity index (χ2v) is 9.33. The molecule has 2 unspecified atom stereocenters. The van der Waals surface area contributed by atoms with Crippen LogP contribution in [0.3, 0.4) is 0 Å². The lowest BCUT2D eigenvalue weighted by Crippen LogP contribution is -2.39. The third kappa shape index (κ3) is 6.69. The lowest BCUT2D eigenvalue weighted by Gasteiger charge is -2.13. The molecule has 0 spiro atoms. The fraction of sp³-hybridized carbons (Fsp3) is 0.217. The van der Waals surface area contributed by atoms with Gasteiger partial charge in [0.1, 0.15) is 28.9 Å². The van der Waals surface area contributed by atoms with Crippen LogP contribution in [0.5, 0.6) is 5.75 Å². The third-order valence-corrected chi connectivity index (χ3v) is 6.57. The van der Waals surface area contributed by atoms with Crippen LogP contribution in [-0.2, 0) is 26.2 Å². The van der Waals surface area contributed by atoms with Crippen LogP contribution in [0.1, 0.15) is 5.56 Å². The minimum absolute atomic E-state index is 0.111. The topological polar surface area (TPSA) is 175 Å². The van der Waals surface area contributed by atoms with Gasteiger partial charge in [0.2, 0.25) is 0 Å². The molecule has 38 heavy (non-hydrogen) atoms. The molecule has 0 saturated carbocycles. The quantitative estimate of drug-likeness (QED) is 0.257. The summed E-state index contributed by atoms with van der Waals surface area (Å²) >= 11 is 0. The predicted molar refractivity (Wildman–Crippen MR) is 125 cm³/mol. The number of halogens is 3. The summed E-state index contributed by atoms with van der Waals surface area (Å²) in [6.07, 6.45) is -3.26. The number of rotatable bonds is 9. The number of ether oxygens (including phenoxy) is 1. The molecule has 0 fully saturated rings. The van der Waals surface area contributed by atoms with Gasteiger partial charge in [-0.1, -0.05) is 6.07 Å². The number of hydrogen-bond donors (Lipinski definition) is 5. The van der Waals surface area contributed by atoms with Crippen molar-refractivity contribution in [2.24, 2.45) is 0 Å². The molecule has 0 saturated heterocycles. The molecule has 0 aliphatic rings. The van der Waals surface area contributed by atoms with E-state index in [1.807, 2.05) is 0 Å². The Bertz CT molecular complexity index is 1410. The van der Waals surface area contributed by atoms with Gasteiger partial charge in [-0.25, -0.2) is 35.2 Å². The molecule has 1 aromatic heterocycles. The van der Waals surface area contributed by atoms with Crippen molar-refractivity contribution in [2.75, 3.05) is 14.2 Å². The maximum Gasteiger partial charge on any atom is 0.335 e. The van der Waals surface area contributed by atoms with Gasteiger partial charge in [-0.2, -0.15) is 0 Å². The SMILES string of the molecule is CNCc1cn(S(=O)(=O)c2cccc(F)c2)c(-c2ccc(F)cc2F)c1OC.O=C(O)C(O)C(O)C(=O)O. The highest BCUT2D eigenvalue weighted by atomic mass is 32.2. The van der Waals surface area contributed by atoms with Crippen molar-refractivity contribution >= 4 is 22.0 Å². The van der Waals surface area contributed by atoms with Crippen molar-refractivity contribution in [3.63, 3.8) is 0 Å². The first kappa shape index (κ1) is 30.3. The number of hydrogen-bond acceptors (Lipinski definition) is 8. The summed E-state index contributed by atoms with van der Waals surface area (Å²) in [7, 11) is -1.32. The number of methoxy groups -OCH3 is 1. The van der Waals surface area contributed by atoms with Gasteiger partial charge in [0.25, 0.3) is 10.0 Å². The van der Waals surface area contributed by atoms with E-state index in [2.05, 4.69) is 5.32 Å². The van der Waals surface area contributed by atoms with Gasteiger partial charge in [-0.05, 0) is 37.4 Å². The average Bonchev–Trinajstić information content (AvgIpc) is 3.22. The smallest absolute Gasteiger partial charge is 0.335 e. The Hall–Kier alpha value is -3.92. The number of benzene rings is 2. The molecule has 11 nitrogen and oxygen atoms in total. The molecule has 0 aliphatic carbocycles. The number of nitrogens with one attached hydrogen (secondary N) is 1. The highest BCUT2D eigenvalue weighted by Crippen LogP contribution is 2.39. The number of aliphatic carboxylic acids is 2. The van der Waals surface area contributed by atoms with Gasteiger partial charge >= 0.3 is 11.9 Å². The second-order valence-electron chi connectivity index (χ2n) is 7.52. The maximum atomic E-state index is 14.5. The van der Waals surface area contributed by atoms with Crippen LogP contribution < -0.4 is 10.1 Å². The fourth-order valence-corrected chi connectivity index (χ4v) is 4.61. The van der Waals surface area contributed by atoms with Gasteiger partial charge in [-0.15, -0.1) is 0 Å². The van der Waals surface area contributed by atoms with Crippen molar-refractivity contribution in [3.05, 3.63) is 71.7 Å². The fourth-order valence-electron chi connectivity index (χ4n) is 3.18. The van der Waals surface area contributed by atoms with E-state index in [0.717, 1.165) is 28.2 Å². The van der Waals surface area contributed by atoms with Crippen LogP contribution in [0.4, 0.5) is 13.2 Å². The summed E-state index contributed by atoms with van der Waals surface area (Å²) in [5.41, 5.74) is 0.152. The van der Waals surface area contributed by atoms with Crippen LogP contribution in [0, 0.1) is 17.5 Å². The molecular weight excluding hydrogens is 537 g/mol. The van der Waals surface area contributed by atoms with Crippen molar-refractivity contribution in [3.8, 4) is 17.0 Å². The number of aliphatic hydroxyl groups excluding tert-OH is 2. The summed E-state index contributed by atoms with van der Waals surface area (Å²) in [5.74, 6) is -5.92. The second kappa shape index (κ2) is 12.6. The van der Waals surface area contributed by atoms with Crippen LogP contribution >= 0.6 is 0 Å². The zero-order valence-corrected chi connectivity index (χ0v) is 20.6. The predicted octanol–water partition coefficient (Wildman–Crippen LogP) is 1.41. The van der Waals surface area contributed by atoms with E-state index in [1.54, 1.807) is 7.05 Å². The molecule has 2 atom stereocenters. The van der Waals surface area contributed by atoms with E-state index in [4.69, 9.17) is 25.2 Å². The van der Waals surface area contributed by atoms with E-state index in [9.17, 15) is 31.2 Å². The van der Waals surface area contributed by atoms with Gasteiger partial charge in [-0.3, -0.25) is 0 Å². The first-order valence-corrected chi connectivity index (χ1v) is 11.9. The molecule has 3 aromatic rings. The Balaban J connectivity index is 0.000000432. The van der Waals surface area contributed by atoms with Crippen molar-refractivity contribution in [2.45, 2.75) is 23.6 Å². The molecule has 5 N–H and O–H groups in total. The summed E-state index contributed by atoms with van der Waals surface area (Å²) in [6, 6.07) is 7.26. The Morgan fingerprint density at radius 2 is 1.58 bits per heavy atom. The van der Waals surface area contributed by atoms with E-state index in [1.165, 1.54) is 25.4 Å². The Labute approximate surface area is 214 Å². The first-order valence-electron chi connectivity index (χ1n) is 10.5. The summed E-state index contributed by atoms with van der Waals surface area (Å²) in [6.45, 7) is 0.227. The van der Waals surface area contributed by atoms with E-state index < -0.39 is 51.6 Å². The van der Waals surface area contributed by atoms with Crippen LogP contribution in [-0.4, -0.2) is 71.1 Å². The van der Waals surface area contributed by atoms with Crippen LogP contribution in [0.2, 0.25) is 0 Å². The van der Waals surface area contributed by atoms with Gasteiger partial charge < -0.3 is 30.5 Å². The molecule has 0 aliphatic heterocycles. The van der Waals surface area contributed by atoms with E-state index in [0.29, 0.717) is 11.6 Å². The molecule has 0 amide bonds. The number of nitrogens with zero attached hydrogens (tertiary/aromatic N) is 1. The summed E-state index contributed by atoms with van der Waals surface area (Å²) < 4.78 is 74.0. The van der Waals surface area contributed by atoms with Gasteiger partial charge in [0.15, 0.2) is 12.2 Å². The molecule has 2 aromatic carbocycles.